The predicted molar refractivity (Wildman–Crippen MR) is 160 cm³/mol. The summed E-state index contributed by atoms with van der Waals surface area (Å²) in [6, 6.07) is 28.3. The maximum Gasteiger partial charge on any atom is 0.337 e. The lowest BCUT2D eigenvalue weighted by atomic mass is 9.78. The number of fused-ring (bicyclic) bond motifs is 2. The lowest BCUT2D eigenvalue weighted by molar-refractivity contribution is -0.105. The first kappa shape index (κ1) is 28.7. The largest absolute Gasteiger partial charge is 0.347 e. The van der Waals surface area contributed by atoms with Crippen molar-refractivity contribution in [2.45, 2.75) is 43.4 Å². The molecule has 2 fully saturated rings. The maximum absolute atomic E-state index is 13.9. The standard InChI is InChI=1S/C32H31N5O6S/c1-2-25-27-30(34-19-33-25)37(20-35-27)31-29-28(40-21-41-29)26(43-31)18-42-44(38,39)36-32(22-12-6-3-7-13-22,23-14-8-4-9-15-23)24-16-10-5-11-17-24/h3-17,19-20,26,28-29,31,36H,2,18,21H2,1H3/t26-,28-,29-,31-/m1/s1. The van der Waals surface area contributed by atoms with Crippen LogP contribution in [0.1, 0.15) is 35.5 Å². The summed E-state index contributed by atoms with van der Waals surface area (Å²) in [6.07, 6.45) is 1.38. The molecule has 11 nitrogen and oxygen atoms in total. The summed E-state index contributed by atoms with van der Waals surface area (Å²) < 4.78 is 56.2. The zero-order valence-corrected chi connectivity index (χ0v) is 24.7. The Hall–Kier alpha value is -4.04. The third-order valence-corrected chi connectivity index (χ3v) is 9.14. The van der Waals surface area contributed by atoms with Crippen molar-refractivity contribution in [2.24, 2.45) is 0 Å². The van der Waals surface area contributed by atoms with Crippen molar-refractivity contribution in [3.05, 3.63) is 126 Å². The molecule has 7 rings (SSSR count). The zero-order chi connectivity index (χ0) is 30.1. The molecular formula is C32H31N5O6S. The highest BCUT2D eigenvalue weighted by Gasteiger charge is 2.52. The summed E-state index contributed by atoms with van der Waals surface area (Å²) in [5.74, 6) is 0. The van der Waals surface area contributed by atoms with Crippen molar-refractivity contribution >= 4 is 21.5 Å². The number of hydrogen-bond acceptors (Lipinski definition) is 9. The van der Waals surface area contributed by atoms with Gasteiger partial charge in [0.1, 0.15) is 42.5 Å². The monoisotopic (exact) mass is 613 g/mol. The molecule has 44 heavy (non-hydrogen) atoms. The highest BCUT2D eigenvalue weighted by Crippen LogP contribution is 2.40. The van der Waals surface area contributed by atoms with E-state index in [-0.39, 0.29) is 13.4 Å². The van der Waals surface area contributed by atoms with Crippen molar-refractivity contribution in [1.29, 1.82) is 0 Å². The van der Waals surface area contributed by atoms with Gasteiger partial charge in [-0.05, 0) is 23.1 Å². The van der Waals surface area contributed by atoms with Gasteiger partial charge in [0.2, 0.25) is 0 Å². The van der Waals surface area contributed by atoms with Crippen molar-refractivity contribution in [3.63, 3.8) is 0 Å². The second kappa shape index (κ2) is 11.8. The van der Waals surface area contributed by atoms with Gasteiger partial charge in [-0.3, -0.25) is 8.75 Å². The molecule has 0 spiro atoms. The van der Waals surface area contributed by atoms with Gasteiger partial charge in [-0.25, -0.2) is 15.0 Å². The number of benzene rings is 3. The minimum atomic E-state index is -4.38. The first-order valence-corrected chi connectivity index (χ1v) is 15.8. The molecule has 2 aliphatic rings. The number of imidazole rings is 1. The summed E-state index contributed by atoms with van der Waals surface area (Å²) >= 11 is 0. The van der Waals surface area contributed by atoms with Gasteiger partial charge >= 0.3 is 10.3 Å². The quantitative estimate of drug-likeness (QED) is 0.234. The second-order valence-electron chi connectivity index (χ2n) is 10.6. The third kappa shape index (κ3) is 5.09. The molecule has 4 heterocycles. The van der Waals surface area contributed by atoms with Crippen LogP contribution in [0.25, 0.3) is 11.2 Å². The minimum Gasteiger partial charge on any atom is -0.347 e. The smallest absolute Gasteiger partial charge is 0.337 e. The summed E-state index contributed by atoms with van der Waals surface area (Å²) in [5.41, 5.74) is 3.02. The van der Waals surface area contributed by atoms with Gasteiger partial charge in [0.15, 0.2) is 11.9 Å². The summed E-state index contributed by atoms with van der Waals surface area (Å²) in [4.78, 5) is 13.3. The lowest BCUT2D eigenvalue weighted by Gasteiger charge is -2.36. The molecule has 1 N–H and O–H groups in total. The average Bonchev–Trinajstić information content (AvgIpc) is 3.80. The van der Waals surface area contributed by atoms with Crippen LogP contribution >= 0.6 is 0 Å². The van der Waals surface area contributed by atoms with Crippen LogP contribution in [0, 0.1) is 0 Å². The van der Waals surface area contributed by atoms with Crippen molar-refractivity contribution in [2.75, 3.05) is 13.4 Å². The number of hydrogen-bond donors (Lipinski definition) is 1. The fraction of sp³-hybridized carbons (Fsp3) is 0.281. The zero-order valence-electron chi connectivity index (χ0n) is 23.9. The van der Waals surface area contributed by atoms with Gasteiger partial charge in [0, 0.05) is 0 Å². The van der Waals surface area contributed by atoms with Crippen LogP contribution in [0.15, 0.2) is 104 Å². The SMILES string of the molecule is CCc1ncnc2c1ncn2[C@@H]1O[C@H](COS(=O)(=O)NC(c2ccccc2)(c2ccccc2)c2ccccc2)[C@H]2OCO[C@H]21. The Morgan fingerprint density at radius 3 is 2.05 bits per heavy atom. The fourth-order valence-electron chi connectivity index (χ4n) is 6.10. The van der Waals surface area contributed by atoms with E-state index in [0.29, 0.717) is 17.6 Å². The number of aryl methyl sites for hydroxylation is 1. The molecule has 2 saturated heterocycles. The van der Waals surface area contributed by atoms with Crippen LogP contribution < -0.4 is 4.72 Å². The lowest BCUT2D eigenvalue weighted by Crippen LogP contribution is -2.49. The van der Waals surface area contributed by atoms with Crippen LogP contribution in [0.4, 0.5) is 0 Å². The Balaban J connectivity index is 1.18. The molecule has 0 unspecified atom stereocenters. The predicted octanol–water partition coefficient (Wildman–Crippen LogP) is 3.87. The Kier molecular flexibility index (Phi) is 7.70. The van der Waals surface area contributed by atoms with E-state index < -0.39 is 40.4 Å². The molecule has 4 atom stereocenters. The van der Waals surface area contributed by atoms with Crippen molar-refractivity contribution in [3.8, 4) is 0 Å². The van der Waals surface area contributed by atoms with E-state index >= 15 is 0 Å². The Morgan fingerprint density at radius 1 is 0.864 bits per heavy atom. The third-order valence-electron chi connectivity index (χ3n) is 8.14. The molecule has 3 aromatic carbocycles. The normalized spacial score (nSPS) is 21.9. The van der Waals surface area contributed by atoms with Crippen LogP contribution in [0.3, 0.4) is 0 Å². The molecule has 0 saturated carbocycles. The fourth-order valence-corrected chi connectivity index (χ4v) is 7.20. The molecule has 12 heteroatoms. The molecule has 0 bridgehead atoms. The van der Waals surface area contributed by atoms with Crippen LogP contribution in [-0.4, -0.2) is 59.6 Å². The number of nitrogens with one attached hydrogen (secondary N) is 1. The van der Waals surface area contributed by atoms with Crippen LogP contribution in [-0.2, 0) is 40.7 Å². The van der Waals surface area contributed by atoms with E-state index in [1.807, 2.05) is 97.9 Å². The first-order chi connectivity index (χ1) is 21.5. The molecule has 2 aliphatic heterocycles. The number of nitrogens with zero attached hydrogens (tertiary/aromatic N) is 4. The van der Waals surface area contributed by atoms with Crippen molar-refractivity contribution in [1.82, 2.24) is 24.2 Å². The highest BCUT2D eigenvalue weighted by atomic mass is 32.2. The van der Waals surface area contributed by atoms with E-state index in [0.717, 1.165) is 22.4 Å². The van der Waals surface area contributed by atoms with Crippen LogP contribution in [0.2, 0.25) is 0 Å². The summed E-state index contributed by atoms with van der Waals surface area (Å²) in [6.45, 7) is 1.75. The molecule has 5 aromatic rings. The van der Waals surface area contributed by atoms with Gasteiger partial charge in [0.25, 0.3) is 0 Å². The molecule has 226 valence electrons. The Labute approximate surface area is 255 Å². The Morgan fingerprint density at radius 2 is 1.45 bits per heavy atom. The molecular weight excluding hydrogens is 582 g/mol. The Bertz CT molecular complexity index is 1740. The van der Waals surface area contributed by atoms with E-state index in [4.69, 9.17) is 18.4 Å². The number of aromatic nitrogens is 4. The van der Waals surface area contributed by atoms with E-state index in [1.165, 1.54) is 6.33 Å². The molecule has 0 amide bonds. The average molecular weight is 614 g/mol. The first-order valence-electron chi connectivity index (χ1n) is 14.4. The topological polar surface area (TPSA) is 127 Å². The highest BCUT2D eigenvalue weighted by molar-refractivity contribution is 7.84. The van der Waals surface area contributed by atoms with Gasteiger partial charge in [-0.1, -0.05) is 97.9 Å². The van der Waals surface area contributed by atoms with E-state index in [2.05, 4.69) is 19.7 Å². The summed E-state index contributed by atoms with van der Waals surface area (Å²) in [5, 5.41) is 0. The van der Waals surface area contributed by atoms with E-state index in [1.54, 1.807) is 10.9 Å². The number of ether oxygens (including phenoxy) is 3. The summed E-state index contributed by atoms with van der Waals surface area (Å²) in [7, 11) is -4.38. The van der Waals surface area contributed by atoms with Gasteiger partial charge in [0.05, 0.1) is 18.6 Å². The van der Waals surface area contributed by atoms with E-state index in [9.17, 15) is 8.42 Å². The molecule has 0 radical (unpaired) electrons. The van der Waals surface area contributed by atoms with Crippen molar-refractivity contribution < 1.29 is 26.8 Å². The van der Waals surface area contributed by atoms with Gasteiger partial charge < -0.3 is 14.2 Å². The van der Waals surface area contributed by atoms with Gasteiger partial charge in [-0.2, -0.15) is 13.1 Å². The number of rotatable bonds is 10. The molecule has 0 aliphatic carbocycles. The second-order valence-corrected chi connectivity index (χ2v) is 12.0. The van der Waals surface area contributed by atoms with Gasteiger partial charge in [-0.15, -0.1) is 0 Å². The minimum absolute atomic E-state index is 0.0532. The maximum atomic E-state index is 13.9. The molecule has 2 aromatic heterocycles. The van der Waals surface area contributed by atoms with Crippen LogP contribution in [0.5, 0.6) is 0 Å².